The molecule has 1 unspecified atom stereocenters. The van der Waals surface area contributed by atoms with Crippen molar-refractivity contribution in [1.29, 1.82) is 0 Å². The van der Waals surface area contributed by atoms with Crippen LogP contribution in [0.3, 0.4) is 0 Å². The van der Waals surface area contributed by atoms with Crippen LogP contribution in [0.15, 0.2) is 24.4 Å². The first kappa shape index (κ1) is 16.7. The molecule has 0 aromatic carbocycles. The van der Waals surface area contributed by atoms with E-state index in [4.69, 9.17) is 4.74 Å². The Morgan fingerprint density at radius 1 is 1.21 bits per heavy atom. The second-order valence-electron chi connectivity index (χ2n) is 6.52. The van der Waals surface area contributed by atoms with Gasteiger partial charge in [0.05, 0.1) is 13.1 Å². The molecule has 3 heterocycles. The number of hydrogen-bond acceptors (Lipinski definition) is 4. The Kier molecular flexibility index (Phi) is 5.67. The molecule has 0 N–H and O–H groups in total. The fourth-order valence-electron chi connectivity index (χ4n) is 3.32. The second kappa shape index (κ2) is 8.13. The van der Waals surface area contributed by atoms with Crippen molar-refractivity contribution in [2.24, 2.45) is 0 Å². The monoisotopic (exact) mass is 331 g/mol. The van der Waals surface area contributed by atoms with Gasteiger partial charge in [0.1, 0.15) is 6.10 Å². The van der Waals surface area contributed by atoms with Gasteiger partial charge in [0.15, 0.2) is 0 Å². The van der Waals surface area contributed by atoms with Crippen LogP contribution < -0.4 is 4.74 Å². The predicted octanol–water partition coefficient (Wildman–Crippen LogP) is 1.85. The van der Waals surface area contributed by atoms with Crippen LogP contribution in [-0.4, -0.2) is 58.9 Å². The van der Waals surface area contributed by atoms with Crippen LogP contribution in [0.2, 0.25) is 0 Å². The highest BCUT2D eigenvalue weighted by Gasteiger charge is 2.27. The van der Waals surface area contributed by atoms with Crippen molar-refractivity contribution < 1.29 is 14.3 Å². The molecule has 6 heteroatoms. The summed E-state index contributed by atoms with van der Waals surface area (Å²) < 4.78 is 5.88. The van der Waals surface area contributed by atoms with E-state index in [1.165, 1.54) is 0 Å². The van der Waals surface area contributed by atoms with Crippen LogP contribution >= 0.6 is 0 Å². The average molecular weight is 331 g/mol. The number of carbonyl (C=O) groups is 2. The summed E-state index contributed by atoms with van der Waals surface area (Å²) in [5.74, 6) is 0.734. The Morgan fingerprint density at radius 3 is 2.96 bits per heavy atom. The third kappa shape index (κ3) is 4.46. The van der Waals surface area contributed by atoms with Crippen molar-refractivity contribution in [3.8, 4) is 5.88 Å². The normalized spacial score (nSPS) is 22.2. The molecule has 2 amide bonds. The van der Waals surface area contributed by atoms with E-state index in [1.54, 1.807) is 11.1 Å². The largest absolute Gasteiger partial charge is 0.472 e. The number of amides is 2. The fourth-order valence-corrected chi connectivity index (χ4v) is 3.32. The lowest BCUT2D eigenvalue weighted by molar-refractivity contribution is -0.141. The number of likely N-dealkylation sites (tertiary alicyclic amines) is 2. The van der Waals surface area contributed by atoms with Gasteiger partial charge in [-0.1, -0.05) is 12.5 Å². The van der Waals surface area contributed by atoms with E-state index in [0.29, 0.717) is 25.4 Å². The van der Waals surface area contributed by atoms with Crippen molar-refractivity contribution in [3.05, 3.63) is 24.4 Å². The van der Waals surface area contributed by atoms with Gasteiger partial charge in [0, 0.05) is 31.8 Å². The molecule has 2 fully saturated rings. The highest BCUT2D eigenvalue weighted by Crippen LogP contribution is 2.17. The third-order valence-corrected chi connectivity index (χ3v) is 4.65. The van der Waals surface area contributed by atoms with Crippen LogP contribution in [0.25, 0.3) is 0 Å². The van der Waals surface area contributed by atoms with E-state index in [-0.39, 0.29) is 24.5 Å². The number of hydrogen-bond donors (Lipinski definition) is 0. The molecule has 1 aromatic rings. The lowest BCUT2D eigenvalue weighted by Crippen LogP contribution is -2.49. The van der Waals surface area contributed by atoms with Gasteiger partial charge < -0.3 is 14.5 Å². The summed E-state index contributed by atoms with van der Waals surface area (Å²) >= 11 is 0. The predicted molar refractivity (Wildman–Crippen MR) is 89.5 cm³/mol. The smallest absolute Gasteiger partial charge is 0.242 e. The van der Waals surface area contributed by atoms with E-state index >= 15 is 0 Å². The minimum Gasteiger partial charge on any atom is -0.472 e. The van der Waals surface area contributed by atoms with Gasteiger partial charge in [-0.25, -0.2) is 4.98 Å². The second-order valence-corrected chi connectivity index (χ2v) is 6.52. The Morgan fingerprint density at radius 2 is 2.12 bits per heavy atom. The topological polar surface area (TPSA) is 62.7 Å². The highest BCUT2D eigenvalue weighted by atomic mass is 16.5. The number of aromatic nitrogens is 1. The van der Waals surface area contributed by atoms with Crippen LogP contribution in [0.5, 0.6) is 5.88 Å². The van der Waals surface area contributed by atoms with E-state index < -0.39 is 0 Å². The molecule has 2 saturated heterocycles. The zero-order chi connectivity index (χ0) is 16.8. The Hall–Kier alpha value is -2.11. The van der Waals surface area contributed by atoms with E-state index in [2.05, 4.69) is 4.98 Å². The molecule has 2 aliphatic rings. The molecule has 6 nitrogen and oxygen atoms in total. The molecule has 24 heavy (non-hydrogen) atoms. The van der Waals surface area contributed by atoms with Crippen LogP contribution in [-0.2, 0) is 9.59 Å². The van der Waals surface area contributed by atoms with Gasteiger partial charge in [0.25, 0.3) is 0 Å². The Balaban J connectivity index is 1.53. The Labute approximate surface area is 142 Å². The summed E-state index contributed by atoms with van der Waals surface area (Å²) in [6.45, 7) is 2.21. The Bertz CT molecular complexity index is 564. The lowest BCUT2D eigenvalue weighted by atomic mass is 10.1. The van der Waals surface area contributed by atoms with Crippen molar-refractivity contribution in [2.75, 3.05) is 26.2 Å². The molecule has 0 aliphatic carbocycles. The highest BCUT2D eigenvalue weighted by molar-refractivity contribution is 5.85. The van der Waals surface area contributed by atoms with Gasteiger partial charge in [0.2, 0.25) is 17.7 Å². The van der Waals surface area contributed by atoms with E-state index in [1.807, 2.05) is 23.1 Å². The molecule has 3 rings (SSSR count). The quantitative estimate of drug-likeness (QED) is 0.845. The summed E-state index contributed by atoms with van der Waals surface area (Å²) in [5, 5.41) is 0. The maximum Gasteiger partial charge on any atom is 0.242 e. The minimum atomic E-state index is -0.0302. The summed E-state index contributed by atoms with van der Waals surface area (Å²) in [4.78, 5) is 32.4. The summed E-state index contributed by atoms with van der Waals surface area (Å²) in [7, 11) is 0. The standard InChI is InChI=1S/C18H25N3O3/c22-17-9-2-1-5-11-21(17)14-18(23)20-12-6-7-15(13-20)24-16-8-3-4-10-19-16/h3-4,8,10,15H,1-2,5-7,9,11-14H2. The minimum absolute atomic E-state index is 0.0274. The van der Waals surface area contributed by atoms with Crippen molar-refractivity contribution in [2.45, 2.75) is 44.6 Å². The molecule has 0 saturated carbocycles. The number of pyridine rings is 1. The molecule has 1 atom stereocenters. The van der Waals surface area contributed by atoms with Gasteiger partial charge in [-0.15, -0.1) is 0 Å². The van der Waals surface area contributed by atoms with E-state index in [0.717, 1.165) is 38.6 Å². The molecular weight excluding hydrogens is 306 g/mol. The number of rotatable bonds is 4. The van der Waals surface area contributed by atoms with Crippen LogP contribution in [0, 0.1) is 0 Å². The fraction of sp³-hybridized carbons (Fsp3) is 0.611. The summed E-state index contributed by atoms with van der Waals surface area (Å²) in [6, 6.07) is 5.57. The zero-order valence-electron chi connectivity index (χ0n) is 14.0. The molecule has 0 radical (unpaired) electrons. The number of piperidine rings is 1. The number of nitrogens with zero attached hydrogens (tertiary/aromatic N) is 3. The van der Waals surface area contributed by atoms with Crippen LogP contribution in [0.1, 0.15) is 38.5 Å². The van der Waals surface area contributed by atoms with Crippen LogP contribution in [0.4, 0.5) is 0 Å². The van der Waals surface area contributed by atoms with E-state index in [9.17, 15) is 9.59 Å². The third-order valence-electron chi connectivity index (χ3n) is 4.65. The SMILES string of the molecule is O=C1CCCCCN1CC(=O)N1CCCC(Oc2ccccn2)C1. The van der Waals surface area contributed by atoms with Gasteiger partial charge in [-0.3, -0.25) is 9.59 Å². The molecule has 0 spiro atoms. The number of carbonyl (C=O) groups excluding carboxylic acids is 2. The van der Waals surface area contributed by atoms with Crippen molar-refractivity contribution in [3.63, 3.8) is 0 Å². The summed E-state index contributed by atoms with van der Waals surface area (Å²) in [6.07, 6.45) is 7.07. The first-order valence-corrected chi connectivity index (χ1v) is 8.85. The number of ether oxygens (including phenoxy) is 1. The molecular formula is C18H25N3O3. The van der Waals surface area contributed by atoms with Gasteiger partial charge in [-0.2, -0.15) is 0 Å². The molecule has 1 aromatic heterocycles. The molecule has 0 bridgehead atoms. The average Bonchev–Trinajstić information content (AvgIpc) is 2.81. The molecule has 130 valence electrons. The zero-order valence-corrected chi connectivity index (χ0v) is 14.0. The maximum absolute atomic E-state index is 12.6. The first-order chi connectivity index (χ1) is 11.7. The van der Waals surface area contributed by atoms with Crippen molar-refractivity contribution >= 4 is 11.8 Å². The summed E-state index contributed by atoms with van der Waals surface area (Å²) in [5.41, 5.74) is 0. The first-order valence-electron chi connectivity index (χ1n) is 8.85. The molecule has 2 aliphatic heterocycles. The maximum atomic E-state index is 12.6. The lowest BCUT2D eigenvalue weighted by Gasteiger charge is -2.34. The van der Waals surface area contributed by atoms with Gasteiger partial charge in [-0.05, 0) is 31.7 Å². The van der Waals surface area contributed by atoms with Gasteiger partial charge >= 0.3 is 0 Å². The van der Waals surface area contributed by atoms with Crippen molar-refractivity contribution in [1.82, 2.24) is 14.8 Å².